The highest BCUT2D eigenvalue weighted by molar-refractivity contribution is 7.99. The van der Waals surface area contributed by atoms with Crippen LogP contribution in [-0.4, -0.2) is 32.5 Å². The molecule has 1 aliphatic rings. The number of aryl methyl sites for hydroxylation is 1. The average molecular weight is 382 g/mol. The van der Waals surface area contributed by atoms with Crippen molar-refractivity contribution in [3.05, 3.63) is 48.2 Å². The predicted molar refractivity (Wildman–Crippen MR) is 106 cm³/mol. The van der Waals surface area contributed by atoms with Crippen molar-refractivity contribution in [1.29, 1.82) is 0 Å². The first-order valence-corrected chi connectivity index (χ1v) is 10.2. The molecule has 0 N–H and O–H groups in total. The summed E-state index contributed by atoms with van der Waals surface area (Å²) in [7, 11) is 0. The number of benzene rings is 1. The lowest BCUT2D eigenvalue weighted by atomic mass is 9.97. The Morgan fingerprint density at radius 1 is 1.26 bits per heavy atom. The van der Waals surface area contributed by atoms with Crippen molar-refractivity contribution in [3.8, 4) is 11.6 Å². The molecule has 1 aliphatic heterocycles. The standard InChI is InChI=1S/C20H22N4O2S/c1-3-23-19(17-9-6-12-26-17)21-22-20(23)27-13-18(25)24-14(2)10-11-15-7-4-5-8-16(15)24/h4-9,12,14H,3,10-11,13H2,1-2H3. The molecule has 1 unspecified atom stereocenters. The highest BCUT2D eigenvalue weighted by Gasteiger charge is 2.28. The number of rotatable bonds is 5. The number of fused-ring (bicyclic) bond motifs is 1. The molecule has 0 bridgehead atoms. The van der Waals surface area contributed by atoms with Crippen molar-refractivity contribution in [2.75, 3.05) is 10.7 Å². The van der Waals surface area contributed by atoms with Gasteiger partial charge in [-0.15, -0.1) is 10.2 Å². The van der Waals surface area contributed by atoms with Gasteiger partial charge in [-0.25, -0.2) is 0 Å². The van der Waals surface area contributed by atoms with E-state index in [1.165, 1.54) is 17.3 Å². The van der Waals surface area contributed by atoms with Gasteiger partial charge in [-0.1, -0.05) is 30.0 Å². The number of hydrogen-bond acceptors (Lipinski definition) is 5. The number of amides is 1. The van der Waals surface area contributed by atoms with Gasteiger partial charge >= 0.3 is 0 Å². The highest BCUT2D eigenvalue weighted by atomic mass is 32.2. The van der Waals surface area contributed by atoms with Crippen LogP contribution in [-0.2, 0) is 17.8 Å². The second kappa shape index (κ2) is 7.60. The number of carbonyl (C=O) groups is 1. The third-order valence-electron chi connectivity index (χ3n) is 4.89. The predicted octanol–water partition coefficient (Wildman–Crippen LogP) is 4.02. The van der Waals surface area contributed by atoms with Crippen LogP contribution in [0.3, 0.4) is 0 Å². The fourth-order valence-corrected chi connectivity index (χ4v) is 4.39. The van der Waals surface area contributed by atoms with Crippen molar-refractivity contribution in [2.24, 2.45) is 0 Å². The van der Waals surface area contributed by atoms with Crippen LogP contribution in [0.4, 0.5) is 5.69 Å². The third-order valence-corrected chi connectivity index (χ3v) is 5.84. The summed E-state index contributed by atoms with van der Waals surface area (Å²) in [6, 6.07) is 12.1. The van der Waals surface area contributed by atoms with Gasteiger partial charge in [0.15, 0.2) is 16.7 Å². The first-order valence-electron chi connectivity index (χ1n) is 9.19. The minimum absolute atomic E-state index is 0.102. The van der Waals surface area contributed by atoms with E-state index in [1.807, 2.05) is 46.7 Å². The summed E-state index contributed by atoms with van der Waals surface area (Å²) in [6.45, 7) is 4.86. The maximum Gasteiger partial charge on any atom is 0.237 e. The lowest BCUT2D eigenvalue weighted by Crippen LogP contribution is -2.43. The van der Waals surface area contributed by atoms with Crippen LogP contribution in [0.2, 0.25) is 0 Å². The Hall–Kier alpha value is -2.54. The molecule has 3 aromatic rings. The quantitative estimate of drug-likeness (QED) is 0.624. The first kappa shape index (κ1) is 17.9. The summed E-state index contributed by atoms with van der Waals surface area (Å²) in [5.74, 6) is 1.80. The van der Waals surface area contributed by atoms with Crippen LogP contribution in [0.25, 0.3) is 11.6 Å². The molecule has 1 aromatic carbocycles. The Kier molecular flexibility index (Phi) is 5.03. The molecular weight excluding hydrogens is 360 g/mol. The van der Waals surface area contributed by atoms with Gasteiger partial charge in [-0.2, -0.15) is 0 Å². The Morgan fingerprint density at radius 3 is 2.89 bits per heavy atom. The second-order valence-electron chi connectivity index (χ2n) is 6.60. The number of para-hydroxylation sites is 1. The van der Waals surface area contributed by atoms with Crippen molar-refractivity contribution in [1.82, 2.24) is 14.8 Å². The Bertz CT molecular complexity index is 935. The normalized spacial score (nSPS) is 16.4. The molecule has 0 fully saturated rings. The minimum Gasteiger partial charge on any atom is -0.461 e. The Morgan fingerprint density at radius 2 is 2.11 bits per heavy atom. The summed E-state index contributed by atoms with van der Waals surface area (Å²) >= 11 is 1.42. The van der Waals surface area contributed by atoms with E-state index in [2.05, 4.69) is 23.2 Å². The largest absolute Gasteiger partial charge is 0.461 e. The first-order chi connectivity index (χ1) is 13.2. The van der Waals surface area contributed by atoms with Gasteiger partial charge in [0.1, 0.15) is 0 Å². The zero-order valence-corrected chi connectivity index (χ0v) is 16.3. The average Bonchev–Trinajstić information content (AvgIpc) is 3.35. The molecule has 3 heterocycles. The summed E-state index contributed by atoms with van der Waals surface area (Å²) in [5, 5.41) is 9.24. The van der Waals surface area contributed by atoms with Crippen molar-refractivity contribution in [2.45, 2.75) is 44.4 Å². The number of thioether (sulfide) groups is 1. The topological polar surface area (TPSA) is 64.2 Å². The number of carbonyl (C=O) groups excluding carboxylic acids is 1. The van der Waals surface area contributed by atoms with Crippen molar-refractivity contribution in [3.63, 3.8) is 0 Å². The number of anilines is 1. The molecular formula is C20H22N4O2S. The van der Waals surface area contributed by atoms with Crippen LogP contribution in [0.15, 0.2) is 52.2 Å². The highest BCUT2D eigenvalue weighted by Crippen LogP contribution is 2.32. The number of hydrogen-bond donors (Lipinski definition) is 0. The maximum atomic E-state index is 13.0. The van der Waals surface area contributed by atoms with Crippen LogP contribution in [0.5, 0.6) is 0 Å². The Balaban J connectivity index is 1.52. The summed E-state index contributed by atoms with van der Waals surface area (Å²) < 4.78 is 7.42. The monoisotopic (exact) mass is 382 g/mol. The SMILES string of the molecule is CCn1c(SCC(=O)N2c3ccccc3CCC2C)nnc1-c1ccco1. The van der Waals surface area contributed by atoms with Gasteiger partial charge in [0.2, 0.25) is 5.91 Å². The van der Waals surface area contributed by atoms with E-state index in [1.54, 1.807) is 6.26 Å². The van der Waals surface area contributed by atoms with Crippen molar-refractivity contribution >= 4 is 23.4 Å². The third kappa shape index (κ3) is 3.39. The second-order valence-corrected chi connectivity index (χ2v) is 7.54. The summed E-state index contributed by atoms with van der Waals surface area (Å²) in [4.78, 5) is 14.9. The molecule has 6 nitrogen and oxygen atoms in total. The van der Waals surface area contributed by atoms with Crippen LogP contribution in [0.1, 0.15) is 25.8 Å². The molecule has 1 atom stereocenters. The van der Waals surface area contributed by atoms with Crippen molar-refractivity contribution < 1.29 is 9.21 Å². The number of furan rings is 1. The molecule has 0 spiro atoms. The molecule has 4 rings (SSSR count). The zero-order chi connectivity index (χ0) is 18.8. The van der Waals surface area contributed by atoms with E-state index in [4.69, 9.17) is 4.42 Å². The molecule has 7 heteroatoms. The van der Waals surface area contributed by atoms with E-state index in [0.29, 0.717) is 23.9 Å². The molecule has 0 saturated carbocycles. The van der Waals surface area contributed by atoms with Crippen LogP contribution < -0.4 is 4.90 Å². The number of nitrogens with zero attached hydrogens (tertiary/aromatic N) is 4. The molecule has 140 valence electrons. The fraction of sp³-hybridized carbons (Fsp3) is 0.350. The van der Waals surface area contributed by atoms with Crippen LogP contribution in [0, 0.1) is 0 Å². The summed E-state index contributed by atoms with van der Waals surface area (Å²) in [5.41, 5.74) is 2.28. The summed E-state index contributed by atoms with van der Waals surface area (Å²) in [6.07, 6.45) is 3.63. The van der Waals surface area contributed by atoms with Gasteiger partial charge in [0.05, 0.1) is 12.0 Å². The van der Waals surface area contributed by atoms with Gasteiger partial charge in [0.25, 0.3) is 0 Å². The molecule has 2 aromatic heterocycles. The maximum absolute atomic E-state index is 13.0. The van der Waals surface area contributed by atoms with Crippen LogP contribution >= 0.6 is 11.8 Å². The number of aromatic nitrogens is 3. The van der Waals surface area contributed by atoms with E-state index in [-0.39, 0.29) is 11.9 Å². The molecule has 0 saturated heterocycles. The van der Waals surface area contributed by atoms with E-state index < -0.39 is 0 Å². The smallest absolute Gasteiger partial charge is 0.237 e. The zero-order valence-electron chi connectivity index (χ0n) is 15.5. The van der Waals surface area contributed by atoms with Gasteiger partial charge in [-0.3, -0.25) is 9.36 Å². The fourth-order valence-electron chi connectivity index (χ4n) is 3.53. The lowest BCUT2D eigenvalue weighted by Gasteiger charge is -2.35. The molecule has 27 heavy (non-hydrogen) atoms. The van der Waals surface area contributed by atoms with Gasteiger partial charge in [0, 0.05) is 18.3 Å². The Labute approximate surface area is 162 Å². The van der Waals surface area contributed by atoms with Gasteiger partial charge in [-0.05, 0) is 50.5 Å². The minimum atomic E-state index is 0.102. The van der Waals surface area contributed by atoms with E-state index in [9.17, 15) is 4.79 Å². The molecule has 1 amide bonds. The van der Waals surface area contributed by atoms with E-state index >= 15 is 0 Å². The van der Waals surface area contributed by atoms with E-state index in [0.717, 1.165) is 23.7 Å². The lowest BCUT2D eigenvalue weighted by molar-refractivity contribution is -0.116. The van der Waals surface area contributed by atoms with Gasteiger partial charge < -0.3 is 9.32 Å². The molecule has 0 aliphatic carbocycles. The molecule has 0 radical (unpaired) electrons.